The maximum atomic E-state index is 12.2. The van der Waals surface area contributed by atoms with Crippen LogP contribution in [0.2, 0.25) is 0 Å². The third kappa shape index (κ3) is 13.2. The van der Waals surface area contributed by atoms with Crippen LogP contribution in [0.4, 0.5) is 0 Å². The minimum atomic E-state index is -2.33. The smallest absolute Gasteiger partial charge is 0.0921 e. The predicted octanol–water partition coefficient (Wildman–Crippen LogP) is 6.30. The summed E-state index contributed by atoms with van der Waals surface area (Å²) in [6.07, 6.45) is 0.648. The molecule has 0 amide bonds. The van der Waals surface area contributed by atoms with Crippen molar-refractivity contribution in [2.75, 3.05) is 26.7 Å². The summed E-state index contributed by atoms with van der Waals surface area (Å²) in [5.74, 6) is 0. The van der Waals surface area contributed by atoms with Gasteiger partial charge in [-0.15, -0.1) is 0 Å². The molecule has 0 fully saturated rings. The molecule has 0 N–H and O–H groups in total. The molecule has 0 unspecified atom stereocenters. The van der Waals surface area contributed by atoms with Gasteiger partial charge in [0.1, 0.15) is 0 Å². The van der Waals surface area contributed by atoms with Gasteiger partial charge in [0.2, 0.25) is 0 Å². The average molecular weight is 422 g/mol. The molecule has 1 rings (SSSR count). The van der Waals surface area contributed by atoms with Crippen LogP contribution in [-0.2, 0) is 48.3 Å². The Morgan fingerprint density at radius 3 is 1.41 bits per heavy atom. The number of hydrogen-bond acceptors (Lipinski definition) is 2. The van der Waals surface area contributed by atoms with Crippen LogP contribution in [0.1, 0.15) is 33.3 Å². The van der Waals surface area contributed by atoms with E-state index in [1.54, 1.807) is 26.7 Å². The first-order valence-corrected chi connectivity index (χ1v) is 12.7. The quantitative estimate of drug-likeness (QED) is 0.422. The molecule has 22 heavy (non-hydrogen) atoms. The molecule has 0 aliphatic heterocycles. The van der Waals surface area contributed by atoms with Crippen molar-refractivity contribution >= 4 is 14.3 Å². The van der Waals surface area contributed by atoms with Gasteiger partial charge in [-0.25, -0.2) is 0 Å². The molecule has 1 aromatic carbocycles. The summed E-state index contributed by atoms with van der Waals surface area (Å²) in [4.78, 5) is 0. The normalized spacial score (nSPS) is 10.0. The first kappa shape index (κ1) is 30.6. The van der Waals surface area contributed by atoms with E-state index in [0.29, 0.717) is 6.42 Å². The van der Waals surface area contributed by atoms with E-state index in [1.165, 1.54) is 0 Å². The van der Waals surface area contributed by atoms with Crippen molar-refractivity contribution in [3.05, 3.63) is 43.3 Å². The van der Waals surface area contributed by atoms with Crippen LogP contribution in [-0.4, -0.2) is 32.1 Å². The van der Waals surface area contributed by atoms with Gasteiger partial charge in [-0.2, -0.15) is 0 Å². The molecule has 0 spiro atoms. The van der Waals surface area contributed by atoms with Gasteiger partial charge < -0.3 is 16.6 Å². The summed E-state index contributed by atoms with van der Waals surface area (Å²) in [7, 11) is -4.65. The van der Waals surface area contributed by atoms with E-state index in [-0.39, 0.29) is 45.5 Å². The minimum Gasteiger partial charge on any atom is -0.358 e. The van der Waals surface area contributed by atoms with Crippen molar-refractivity contribution in [2.45, 2.75) is 39.5 Å². The van der Waals surface area contributed by atoms with Crippen LogP contribution in [0.3, 0.4) is 0 Å². The Bertz CT molecular complexity index is 413. The van der Waals surface area contributed by atoms with Gasteiger partial charge in [0, 0.05) is 32.7 Å². The molecule has 0 saturated carbocycles. The van der Waals surface area contributed by atoms with E-state index >= 15 is 0 Å². The van der Waals surface area contributed by atoms with Crippen molar-refractivity contribution in [1.82, 2.24) is 0 Å². The van der Waals surface area contributed by atoms with Crippen LogP contribution >= 0.6 is 14.3 Å². The van der Waals surface area contributed by atoms with Crippen LogP contribution in [0.5, 0.6) is 0 Å². The van der Waals surface area contributed by atoms with Crippen molar-refractivity contribution in [1.29, 1.82) is 0 Å². The third-order valence-corrected chi connectivity index (χ3v) is 9.27. The third-order valence-electron chi connectivity index (χ3n) is 2.70. The van der Waals surface area contributed by atoms with Gasteiger partial charge in [-0.1, -0.05) is 58.0 Å². The monoisotopic (exact) mass is 422 g/mol. The molecule has 1 aromatic rings. The van der Waals surface area contributed by atoms with E-state index in [1.807, 2.05) is 58.0 Å². The fraction of sp³-hybridized carbons (Fsp3) is 0.588. The number of hydrogen-bond donors (Lipinski definition) is 0. The SMILES string of the molecule is CC.CC.CP(C)(=O)C(Cc1ccccc1)P(C)(C)=O.[CH3-].[Y]. The minimum absolute atomic E-state index is 0. The molecule has 0 heterocycles. The van der Waals surface area contributed by atoms with E-state index in [9.17, 15) is 9.13 Å². The fourth-order valence-corrected chi connectivity index (χ4v) is 8.59. The summed E-state index contributed by atoms with van der Waals surface area (Å²) in [6, 6.07) is 9.86. The summed E-state index contributed by atoms with van der Waals surface area (Å²) >= 11 is 0. The van der Waals surface area contributed by atoms with Crippen molar-refractivity contribution in [3.63, 3.8) is 0 Å². The van der Waals surface area contributed by atoms with Crippen LogP contribution in [0.15, 0.2) is 30.3 Å². The maximum absolute atomic E-state index is 12.2. The zero-order valence-corrected chi connectivity index (χ0v) is 20.6. The Morgan fingerprint density at radius 1 is 0.818 bits per heavy atom. The largest absolute Gasteiger partial charge is 0.358 e. The van der Waals surface area contributed by atoms with Gasteiger partial charge in [-0.05, 0) is 38.6 Å². The predicted molar refractivity (Wildman–Crippen MR) is 102 cm³/mol. The van der Waals surface area contributed by atoms with E-state index in [0.717, 1.165) is 5.56 Å². The molecule has 5 heteroatoms. The van der Waals surface area contributed by atoms with Crippen molar-refractivity contribution in [3.8, 4) is 0 Å². The fourth-order valence-electron chi connectivity index (χ4n) is 1.93. The Labute approximate surface area is 164 Å². The number of benzene rings is 1. The van der Waals surface area contributed by atoms with E-state index in [4.69, 9.17) is 0 Å². The molecule has 1 radical (unpaired) electrons. The second kappa shape index (κ2) is 15.3. The summed E-state index contributed by atoms with van der Waals surface area (Å²) < 4.78 is 24.4. The topological polar surface area (TPSA) is 34.1 Å². The van der Waals surface area contributed by atoms with Crippen molar-refractivity contribution < 1.29 is 41.8 Å². The Morgan fingerprint density at radius 2 is 1.14 bits per heavy atom. The van der Waals surface area contributed by atoms with E-state index < -0.39 is 14.3 Å². The second-order valence-electron chi connectivity index (χ2n) is 5.04. The van der Waals surface area contributed by atoms with Crippen molar-refractivity contribution in [2.24, 2.45) is 0 Å². The maximum Gasteiger partial charge on any atom is 0.0921 e. The van der Waals surface area contributed by atoms with Gasteiger partial charge >= 0.3 is 0 Å². The Hall–Kier alpha value is 0.784. The van der Waals surface area contributed by atoms with Crippen LogP contribution in [0, 0.1) is 7.43 Å². The Kier molecular flexibility index (Phi) is 21.3. The summed E-state index contributed by atoms with van der Waals surface area (Å²) in [5.41, 5.74) is 1.11. The van der Waals surface area contributed by atoms with Gasteiger partial charge in [-0.3, -0.25) is 0 Å². The first-order chi connectivity index (χ1) is 9.21. The molecule has 0 bridgehead atoms. The van der Waals surface area contributed by atoms with Gasteiger partial charge in [0.05, 0.1) is 19.7 Å². The zero-order chi connectivity index (χ0) is 16.4. The van der Waals surface area contributed by atoms with Gasteiger partial charge in [0.25, 0.3) is 0 Å². The van der Waals surface area contributed by atoms with Crippen LogP contribution in [0.25, 0.3) is 0 Å². The summed E-state index contributed by atoms with van der Waals surface area (Å²) in [6.45, 7) is 14.9. The van der Waals surface area contributed by atoms with Crippen LogP contribution < -0.4 is 0 Å². The molecule has 129 valence electrons. The summed E-state index contributed by atoms with van der Waals surface area (Å²) in [5, 5.41) is -0.192. The number of rotatable bonds is 4. The van der Waals surface area contributed by atoms with E-state index in [2.05, 4.69) is 0 Å². The van der Waals surface area contributed by atoms with Gasteiger partial charge in [0.15, 0.2) is 0 Å². The molecule has 0 aliphatic rings. The average Bonchev–Trinajstić information content (AvgIpc) is 2.39. The zero-order valence-electron chi connectivity index (χ0n) is 16.0. The molecule has 0 saturated heterocycles. The molecule has 0 atom stereocenters. The molecule has 0 aliphatic carbocycles. The first-order valence-electron chi connectivity index (χ1n) is 7.34. The standard InChI is InChI=1S/C12H20O2P2.2C2H6.CH3.Y/c1-15(2,13)12(16(3,4)14)10-11-8-6-5-7-9-11;2*1-2;;/h5-9,12H,10H2,1-4H3;2*1-2H3;1H3;/q;;;-1;. The molecule has 0 aromatic heterocycles. The second-order valence-corrected chi connectivity index (χ2v) is 12.4. The molecular formula is C17H35O2P2Y-. The molecule has 2 nitrogen and oxygen atoms in total. The molecular weight excluding hydrogens is 387 g/mol. The Balaban J connectivity index is -0.000000249.